The van der Waals surface area contributed by atoms with E-state index in [9.17, 15) is 9.18 Å². The number of rotatable bonds is 4. The van der Waals surface area contributed by atoms with Crippen molar-refractivity contribution in [1.29, 1.82) is 0 Å². The van der Waals surface area contributed by atoms with E-state index in [2.05, 4.69) is 0 Å². The summed E-state index contributed by atoms with van der Waals surface area (Å²) in [6, 6.07) is 2.90. The van der Waals surface area contributed by atoms with Gasteiger partial charge in [-0.05, 0) is 30.9 Å². The number of hydrogen-bond donors (Lipinski definition) is 1. The quantitative estimate of drug-likeness (QED) is 0.841. The third-order valence-corrected chi connectivity index (χ3v) is 3.66. The second-order valence-corrected chi connectivity index (χ2v) is 5.11. The van der Waals surface area contributed by atoms with Gasteiger partial charge >= 0.3 is 5.97 Å². The molecule has 2 rings (SSSR count). The molecule has 1 fully saturated rings. The summed E-state index contributed by atoms with van der Waals surface area (Å²) in [7, 11) is 0. The van der Waals surface area contributed by atoms with Crippen LogP contribution in [0.3, 0.4) is 0 Å². The van der Waals surface area contributed by atoms with Crippen LogP contribution in [-0.2, 0) is 4.79 Å². The fraction of sp³-hybridized carbons (Fsp3) is 0.417. The van der Waals surface area contributed by atoms with Crippen LogP contribution in [0.1, 0.15) is 30.7 Å². The summed E-state index contributed by atoms with van der Waals surface area (Å²) in [5.41, 5.74) is 0.254. The molecule has 0 saturated heterocycles. The fourth-order valence-electron chi connectivity index (χ4n) is 2.07. The van der Waals surface area contributed by atoms with Crippen LogP contribution in [-0.4, -0.2) is 11.1 Å². The SMILES string of the molecule is O=C(O)CC(c1c(Cl)ccc(Cl)c1F)C1CC1. The number of benzene rings is 1. The lowest BCUT2D eigenvalue weighted by molar-refractivity contribution is -0.137. The fourth-order valence-corrected chi connectivity index (χ4v) is 2.52. The molecule has 0 radical (unpaired) electrons. The Bertz CT molecular complexity index is 458. The van der Waals surface area contributed by atoms with Crippen molar-refractivity contribution in [3.63, 3.8) is 0 Å². The summed E-state index contributed by atoms with van der Waals surface area (Å²) < 4.78 is 13.9. The third-order valence-electron chi connectivity index (χ3n) is 3.04. The zero-order valence-corrected chi connectivity index (χ0v) is 10.4. The Morgan fingerprint density at radius 2 is 2.00 bits per heavy atom. The van der Waals surface area contributed by atoms with Gasteiger partial charge in [-0.2, -0.15) is 0 Å². The molecular weight excluding hydrogens is 266 g/mol. The van der Waals surface area contributed by atoms with Gasteiger partial charge in [0.1, 0.15) is 5.82 Å². The molecular formula is C12H11Cl2FO2. The van der Waals surface area contributed by atoms with Crippen molar-refractivity contribution in [3.8, 4) is 0 Å². The highest BCUT2D eigenvalue weighted by molar-refractivity contribution is 6.33. The highest BCUT2D eigenvalue weighted by Gasteiger charge is 2.36. The lowest BCUT2D eigenvalue weighted by Gasteiger charge is -2.17. The maximum absolute atomic E-state index is 13.9. The topological polar surface area (TPSA) is 37.3 Å². The molecule has 0 aliphatic heterocycles. The van der Waals surface area contributed by atoms with Crippen LogP contribution in [0.15, 0.2) is 12.1 Å². The highest BCUT2D eigenvalue weighted by Crippen LogP contribution is 2.47. The first-order chi connectivity index (χ1) is 8.00. The molecule has 5 heteroatoms. The second-order valence-electron chi connectivity index (χ2n) is 4.30. The van der Waals surface area contributed by atoms with Crippen LogP contribution >= 0.6 is 23.2 Å². The van der Waals surface area contributed by atoms with Crippen LogP contribution in [0.4, 0.5) is 4.39 Å². The first kappa shape index (κ1) is 12.7. The lowest BCUT2D eigenvalue weighted by Crippen LogP contribution is -2.11. The molecule has 1 aromatic rings. The third kappa shape index (κ3) is 2.72. The van der Waals surface area contributed by atoms with Crippen molar-refractivity contribution >= 4 is 29.2 Å². The van der Waals surface area contributed by atoms with Crippen LogP contribution in [0.2, 0.25) is 10.0 Å². The summed E-state index contributed by atoms with van der Waals surface area (Å²) in [4.78, 5) is 10.8. The molecule has 17 heavy (non-hydrogen) atoms. The average Bonchev–Trinajstić information content (AvgIpc) is 3.06. The van der Waals surface area contributed by atoms with Crippen LogP contribution in [0.25, 0.3) is 0 Å². The Morgan fingerprint density at radius 1 is 1.41 bits per heavy atom. The average molecular weight is 277 g/mol. The minimum absolute atomic E-state index is 0.0135. The number of carboxylic acid groups (broad SMARTS) is 1. The van der Waals surface area contributed by atoms with Gasteiger partial charge in [0.2, 0.25) is 0 Å². The Balaban J connectivity index is 2.41. The van der Waals surface area contributed by atoms with Crippen molar-refractivity contribution < 1.29 is 14.3 Å². The molecule has 1 unspecified atom stereocenters. The van der Waals surface area contributed by atoms with Gasteiger partial charge in [0.25, 0.3) is 0 Å². The minimum atomic E-state index is -0.947. The first-order valence-electron chi connectivity index (χ1n) is 5.36. The van der Waals surface area contributed by atoms with E-state index in [-0.39, 0.29) is 33.9 Å². The van der Waals surface area contributed by atoms with E-state index in [0.717, 1.165) is 12.8 Å². The predicted molar refractivity (Wildman–Crippen MR) is 64.1 cm³/mol. The molecule has 0 amide bonds. The smallest absolute Gasteiger partial charge is 0.303 e. The standard InChI is InChI=1S/C12H11Cl2FO2/c13-8-3-4-9(14)12(15)11(8)7(5-10(16)17)6-1-2-6/h3-4,6-7H,1-2,5H2,(H,16,17). The largest absolute Gasteiger partial charge is 0.481 e. The molecule has 0 aromatic heterocycles. The summed E-state index contributed by atoms with van der Waals surface area (Å²) in [5, 5.41) is 9.12. The Kier molecular flexibility index (Phi) is 3.59. The Hall–Kier alpha value is -0.800. The van der Waals surface area contributed by atoms with Gasteiger partial charge in [0.15, 0.2) is 0 Å². The molecule has 2 nitrogen and oxygen atoms in total. The molecule has 1 atom stereocenters. The maximum atomic E-state index is 13.9. The summed E-state index contributed by atoms with van der Waals surface area (Å²) in [6.45, 7) is 0. The number of hydrogen-bond acceptors (Lipinski definition) is 1. The molecule has 0 heterocycles. The van der Waals surface area contributed by atoms with Gasteiger partial charge in [0.05, 0.1) is 11.4 Å². The van der Waals surface area contributed by atoms with E-state index in [1.807, 2.05) is 0 Å². The zero-order chi connectivity index (χ0) is 12.6. The summed E-state index contributed by atoms with van der Waals surface area (Å²) in [5.74, 6) is -1.70. The molecule has 1 aromatic carbocycles. The Labute approximate surface area is 108 Å². The van der Waals surface area contributed by atoms with Crippen molar-refractivity contribution in [2.45, 2.75) is 25.2 Å². The molecule has 0 spiro atoms. The predicted octanol–water partition coefficient (Wildman–Crippen LogP) is 4.10. The maximum Gasteiger partial charge on any atom is 0.303 e. The van der Waals surface area contributed by atoms with E-state index in [1.54, 1.807) is 0 Å². The summed E-state index contributed by atoms with van der Waals surface area (Å²) in [6.07, 6.45) is 1.72. The van der Waals surface area contributed by atoms with Crippen molar-refractivity contribution in [2.75, 3.05) is 0 Å². The van der Waals surface area contributed by atoms with E-state index < -0.39 is 11.8 Å². The summed E-state index contributed by atoms with van der Waals surface area (Å²) >= 11 is 11.7. The monoisotopic (exact) mass is 276 g/mol. The van der Waals surface area contributed by atoms with Gasteiger partial charge in [-0.1, -0.05) is 23.2 Å². The minimum Gasteiger partial charge on any atom is -0.481 e. The number of aliphatic carboxylic acids is 1. The van der Waals surface area contributed by atoms with E-state index in [1.165, 1.54) is 12.1 Å². The van der Waals surface area contributed by atoms with E-state index >= 15 is 0 Å². The number of carbonyl (C=O) groups is 1. The Morgan fingerprint density at radius 3 is 2.53 bits per heavy atom. The van der Waals surface area contributed by atoms with Gasteiger partial charge < -0.3 is 5.11 Å². The number of halogens is 3. The second kappa shape index (κ2) is 4.83. The molecule has 1 saturated carbocycles. The molecule has 1 aliphatic carbocycles. The van der Waals surface area contributed by atoms with E-state index in [4.69, 9.17) is 28.3 Å². The van der Waals surface area contributed by atoms with Crippen LogP contribution < -0.4 is 0 Å². The van der Waals surface area contributed by atoms with Crippen molar-refractivity contribution in [2.24, 2.45) is 5.92 Å². The van der Waals surface area contributed by atoms with Crippen molar-refractivity contribution in [1.82, 2.24) is 0 Å². The normalized spacial score (nSPS) is 16.9. The molecule has 0 bridgehead atoms. The van der Waals surface area contributed by atoms with Gasteiger partial charge in [0, 0.05) is 16.5 Å². The number of carboxylic acids is 1. The molecule has 1 aliphatic rings. The highest BCUT2D eigenvalue weighted by atomic mass is 35.5. The first-order valence-corrected chi connectivity index (χ1v) is 6.11. The van der Waals surface area contributed by atoms with Gasteiger partial charge in [-0.3, -0.25) is 4.79 Å². The van der Waals surface area contributed by atoms with Gasteiger partial charge in [-0.15, -0.1) is 0 Å². The molecule has 1 N–H and O–H groups in total. The van der Waals surface area contributed by atoms with Crippen LogP contribution in [0, 0.1) is 11.7 Å². The molecule has 92 valence electrons. The van der Waals surface area contributed by atoms with E-state index in [0.29, 0.717) is 0 Å². The zero-order valence-electron chi connectivity index (χ0n) is 8.92. The lowest BCUT2D eigenvalue weighted by atomic mass is 9.90. The van der Waals surface area contributed by atoms with Crippen LogP contribution in [0.5, 0.6) is 0 Å². The van der Waals surface area contributed by atoms with Gasteiger partial charge in [-0.25, -0.2) is 4.39 Å². The van der Waals surface area contributed by atoms with Crippen molar-refractivity contribution in [3.05, 3.63) is 33.6 Å².